The van der Waals surface area contributed by atoms with E-state index in [9.17, 15) is 0 Å². The molecule has 11 radical (unpaired) electrons. The SMILES string of the molecule is C[C]1[C](C)[C](C)[C]([Si](C)(C)[C]2[C](C)[C](C)[C](C)[C]2C)[C]1C.C[Si](C)(C)[CH-][Si](C)(C)C.[Y]. The zero-order chi connectivity index (χ0) is 24.0. The second-order valence-corrected chi connectivity index (χ2v) is 27.1. The second-order valence-electron chi connectivity index (χ2n) is 12.3. The monoisotopic (exact) mass is 546 g/mol. The van der Waals surface area contributed by atoms with Crippen molar-refractivity contribution in [3.05, 3.63) is 64.1 Å². The third kappa shape index (κ3) is 7.87. The van der Waals surface area contributed by atoms with Crippen LogP contribution in [0.3, 0.4) is 0 Å². The molecule has 0 N–H and O–H groups in total. The van der Waals surface area contributed by atoms with Crippen LogP contribution in [-0.4, -0.2) is 24.2 Å². The van der Waals surface area contributed by atoms with E-state index >= 15 is 0 Å². The molecule has 2 fully saturated rings. The molecule has 0 heterocycles. The Morgan fingerprint density at radius 3 is 0.710 bits per heavy atom. The van der Waals surface area contributed by atoms with E-state index in [1.165, 1.54) is 47.3 Å². The molecule has 0 saturated heterocycles. The van der Waals surface area contributed by atoms with E-state index in [1.54, 1.807) is 11.1 Å². The molecule has 0 unspecified atom stereocenters. The van der Waals surface area contributed by atoms with Gasteiger partial charge in [-0.3, -0.25) is 0 Å². The van der Waals surface area contributed by atoms with Crippen LogP contribution < -0.4 is 0 Å². The minimum absolute atomic E-state index is 0. The first-order valence-corrected chi connectivity index (χ1v) is 21.7. The summed E-state index contributed by atoms with van der Waals surface area (Å²) in [6.45, 7) is 38.0. The van der Waals surface area contributed by atoms with E-state index in [4.69, 9.17) is 0 Å². The molecule has 0 amide bonds. The Balaban J connectivity index is 0.000000769. The summed E-state index contributed by atoms with van der Waals surface area (Å²) in [6.07, 6.45) is 0. The quantitative estimate of drug-likeness (QED) is 0.244. The summed E-state index contributed by atoms with van der Waals surface area (Å²) in [5.41, 5.74) is 6.00. The molecule has 2 aliphatic rings. The first-order chi connectivity index (χ1) is 13.2. The van der Waals surface area contributed by atoms with Gasteiger partial charge in [0.05, 0.1) is 8.07 Å². The molecule has 2 saturated carbocycles. The maximum Gasteiger partial charge on any atom is 0.0633 e. The van der Waals surface area contributed by atoms with E-state index in [2.05, 4.69) is 113 Å². The predicted molar refractivity (Wildman–Crippen MR) is 146 cm³/mol. The molecule has 0 aromatic heterocycles. The van der Waals surface area contributed by atoms with Gasteiger partial charge in [0.1, 0.15) is 0 Å². The first kappa shape index (κ1) is 32.8. The summed E-state index contributed by atoms with van der Waals surface area (Å²) >= 11 is 0. The standard InChI is InChI=1S/C20H30Si.C7H19Si2.Y/c1-11-12(2)16(6)19(15(11)5)21(9,10)20-17(7)13(3)14(4)18(20)8;1-8(2,3)7-9(4,5)6;/h1-10H3;7H,1-6H3;/q;-1;. The second kappa shape index (κ2) is 11.7. The van der Waals surface area contributed by atoms with E-state index in [0.717, 1.165) is 0 Å². The van der Waals surface area contributed by atoms with Crippen LogP contribution in [0.2, 0.25) is 52.4 Å². The maximum absolute atomic E-state index is 2.65. The van der Waals surface area contributed by atoms with Gasteiger partial charge in [0.25, 0.3) is 0 Å². The first-order valence-electron chi connectivity index (χ1n) is 11.6. The van der Waals surface area contributed by atoms with Gasteiger partial charge in [-0.25, -0.2) is 0 Å². The molecule has 0 bridgehead atoms. The van der Waals surface area contributed by atoms with Crippen molar-refractivity contribution >= 4 is 24.2 Å². The average molecular weight is 547 g/mol. The van der Waals surface area contributed by atoms with Gasteiger partial charge in [-0.05, 0) is 58.4 Å². The van der Waals surface area contributed by atoms with Gasteiger partial charge < -0.3 is 5.67 Å². The van der Waals surface area contributed by atoms with E-state index in [0.29, 0.717) is 0 Å². The fraction of sp³-hybridized carbons (Fsp3) is 0.593. The van der Waals surface area contributed by atoms with Crippen LogP contribution in [0.1, 0.15) is 55.4 Å². The molecule has 31 heavy (non-hydrogen) atoms. The summed E-state index contributed by atoms with van der Waals surface area (Å²) < 4.78 is 0. The predicted octanol–water partition coefficient (Wildman–Crippen LogP) is 8.65. The molecule has 173 valence electrons. The Morgan fingerprint density at radius 1 is 0.387 bits per heavy atom. The van der Waals surface area contributed by atoms with Gasteiger partial charge in [-0.15, -0.1) is 16.1 Å². The Hall–Kier alpha value is 1.75. The fourth-order valence-corrected chi connectivity index (χ4v) is 20.9. The van der Waals surface area contributed by atoms with Crippen molar-refractivity contribution in [1.29, 1.82) is 0 Å². The van der Waals surface area contributed by atoms with E-state index < -0.39 is 24.2 Å². The van der Waals surface area contributed by atoms with Crippen molar-refractivity contribution in [2.45, 2.75) is 108 Å². The summed E-state index contributed by atoms with van der Waals surface area (Å²) in [5, 5.41) is 0. The van der Waals surface area contributed by atoms with Gasteiger partial charge >= 0.3 is 0 Å². The van der Waals surface area contributed by atoms with Crippen molar-refractivity contribution in [1.82, 2.24) is 0 Å². The zero-order valence-corrected chi connectivity index (χ0v) is 29.5. The van der Waals surface area contributed by atoms with Gasteiger partial charge in [0.2, 0.25) is 0 Å². The van der Waals surface area contributed by atoms with Crippen LogP contribution >= 0.6 is 0 Å². The van der Waals surface area contributed by atoms with Crippen LogP contribution in [0.5, 0.6) is 0 Å². The average Bonchev–Trinajstić information content (AvgIpc) is 2.85. The van der Waals surface area contributed by atoms with Gasteiger partial charge in [-0.2, -0.15) is 0 Å². The van der Waals surface area contributed by atoms with Crippen molar-refractivity contribution < 1.29 is 32.7 Å². The molecular weight excluding hydrogens is 497 g/mol. The molecule has 0 aromatic rings. The van der Waals surface area contributed by atoms with Gasteiger partial charge in [-0.1, -0.05) is 108 Å². The van der Waals surface area contributed by atoms with Gasteiger partial charge in [0, 0.05) is 32.7 Å². The minimum Gasteiger partial charge on any atom is -0.327 e. The molecule has 2 rings (SSSR count). The Labute approximate surface area is 227 Å². The van der Waals surface area contributed by atoms with Crippen LogP contribution in [-0.2, 0) is 32.7 Å². The Bertz CT molecular complexity index is 474. The zero-order valence-electron chi connectivity index (χ0n) is 23.7. The van der Waals surface area contributed by atoms with Crippen molar-refractivity contribution in [2.75, 3.05) is 0 Å². The van der Waals surface area contributed by atoms with Crippen LogP contribution in [0.4, 0.5) is 0 Å². The van der Waals surface area contributed by atoms with Gasteiger partial charge in [0.15, 0.2) is 0 Å². The van der Waals surface area contributed by atoms with Crippen molar-refractivity contribution in [2.24, 2.45) is 0 Å². The number of hydrogen-bond acceptors (Lipinski definition) is 0. The summed E-state index contributed by atoms with van der Waals surface area (Å²) in [5.74, 6) is 12.1. The Kier molecular flexibility index (Phi) is 12.3. The molecule has 0 nitrogen and oxygen atoms in total. The normalized spacial score (nSPS) is 24.0. The summed E-state index contributed by atoms with van der Waals surface area (Å²) in [6, 6.07) is 0. The molecule has 4 heteroatoms. The van der Waals surface area contributed by atoms with Crippen LogP contribution in [0.15, 0.2) is 0 Å². The van der Waals surface area contributed by atoms with E-state index in [-0.39, 0.29) is 32.7 Å². The number of hydrogen-bond donors (Lipinski definition) is 0. The molecule has 0 aliphatic heterocycles. The third-order valence-electron chi connectivity index (χ3n) is 6.99. The van der Waals surface area contributed by atoms with Crippen LogP contribution in [0.25, 0.3) is 0 Å². The Morgan fingerprint density at radius 2 is 0.581 bits per heavy atom. The fourth-order valence-electron chi connectivity index (χ4n) is 5.74. The third-order valence-corrected chi connectivity index (χ3v) is 17.9. The molecular formula is C27H49Si3Y-. The van der Waals surface area contributed by atoms with E-state index in [1.807, 2.05) is 0 Å². The van der Waals surface area contributed by atoms with Crippen molar-refractivity contribution in [3.63, 3.8) is 0 Å². The topological polar surface area (TPSA) is 0 Å². The molecule has 0 spiro atoms. The van der Waals surface area contributed by atoms with Crippen molar-refractivity contribution in [3.8, 4) is 0 Å². The molecule has 0 aromatic carbocycles. The smallest absolute Gasteiger partial charge is 0.0633 e. The largest absolute Gasteiger partial charge is 0.327 e. The molecule has 0 atom stereocenters. The summed E-state index contributed by atoms with van der Waals surface area (Å²) in [4.78, 5) is 0. The minimum atomic E-state index is -1.65. The molecule has 2 aliphatic carbocycles. The summed E-state index contributed by atoms with van der Waals surface area (Å²) in [7, 11) is -3.37. The van der Waals surface area contributed by atoms with Crippen LogP contribution in [0, 0.1) is 64.1 Å². The number of rotatable bonds is 4. The maximum atomic E-state index is 2.65.